The fourth-order valence-corrected chi connectivity index (χ4v) is 2.73. The first kappa shape index (κ1) is 20.7. The molecule has 0 saturated carbocycles. The van der Waals surface area contributed by atoms with Crippen molar-refractivity contribution in [3.8, 4) is 11.5 Å². The van der Waals surface area contributed by atoms with E-state index in [1.54, 1.807) is 18.3 Å². The highest BCUT2D eigenvalue weighted by Crippen LogP contribution is 2.22. The van der Waals surface area contributed by atoms with Gasteiger partial charge >= 0.3 is 5.97 Å². The Morgan fingerprint density at radius 2 is 1.70 bits per heavy atom. The minimum absolute atomic E-state index is 0.0654. The zero-order valence-electron chi connectivity index (χ0n) is 16.4. The zero-order valence-corrected chi connectivity index (χ0v) is 16.4. The first-order valence-electron chi connectivity index (χ1n) is 9.20. The van der Waals surface area contributed by atoms with Crippen molar-refractivity contribution in [2.75, 3.05) is 7.11 Å². The summed E-state index contributed by atoms with van der Waals surface area (Å²) in [5.74, 6) is 0.207. The molecular formula is C24H21NO5. The van der Waals surface area contributed by atoms with Crippen LogP contribution in [0.25, 0.3) is 5.57 Å². The fraction of sp³-hybridized carbons (Fsp3) is 0.0833. The highest BCUT2D eigenvalue weighted by molar-refractivity contribution is 6.15. The number of carbonyl (C=O) groups is 1. The topological polar surface area (TPSA) is 77.4 Å². The van der Waals surface area contributed by atoms with Crippen molar-refractivity contribution in [2.45, 2.75) is 6.61 Å². The van der Waals surface area contributed by atoms with E-state index < -0.39 is 5.97 Å². The number of oxime groups is 1. The Bertz CT molecular complexity index is 1040. The van der Waals surface area contributed by atoms with Gasteiger partial charge in [0.05, 0.1) is 19.6 Å². The normalized spacial score (nSPS) is 11.3. The minimum Gasteiger partial charge on any atom is -0.503 e. The van der Waals surface area contributed by atoms with Crippen LogP contribution in [0.3, 0.4) is 0 Å². The van der Waals surface area contributed by atoms with Gasteiger partial charge in [-0.3, -0.25) is 0 Å². The van der Waals surface area contributed by atoms with Crippen molar-refractivity contribution in [1.82, 2.24) is 0 Å². The number of benzene rings is 3. The van der Waals surface area contributed by atoms with Crippen molar-refractivity contribution in [3.05, 3.63) is 102 Å². The molecule has 0 aliphatic rings. The molecule has 0 heterocycles. The second kappa shape index (κ2) is 10.5. The number of aliphatic carboxylic acids is 1. The maximum absolute atomic E-state index is 11.5. The average Bonchev–Trinajstić information content (AvgIpc) is 2.77. The third-order valence-electron chi connectivity index (χ3n) is 4.13. The number of ether oxygens (including phenoxy) is 2. The summed E-state index contributed by atoms with van der Waals surface area (Å²) < 4.78 is 10.8. The molecule has 0 fully saturated rings. The van der Waals surface area contributed by atoms with Gasteiger partial charge in [-0.2, -0.15) is 0 Å². The van der Waals surface area contributed by atoms with Crippen molar-refractivity contribution in [2.24, 2.45) is 5.16 Å². The Morgan fingerprint density at radius 1 is 0.967 bits per heavy atom. The molecule has 3 aromatic carbocycles. The predicted molar refractivity (Wildman–Crippen MR) is 115 cm³/mol. The molecule has 0 saturated heterocycles. The molecule has 0 unspecified atom stereocenters. The Balaban J connectivity index is 1.69. The molecule has 6 heteroatoms. The highest BCUT2D eigenvalue weighted by atomic mass is 16.6. The molecule has 6 nitrogen and oxygen atoms in total. The Kier molecular flexibility index (Phi) is 7.22. The van der Waals surface area contributed by atoms with Crippen molar-refractivity contribution >= 4 is 17.8 Å². The van der Waals surface area contributed by atoms with Gasteiger partial charge < -0.3 is 19.4 Å². The van der Waals surface area contributed by atoms with Crippen LogP contribution in [0.1, 0.15) is 16.7 Å². The van der Waals surface area contributed by atoms with Gasteiger partial charge in [0.15, 0.2) is 5.75 Å². The molecule has 0 bridgehead atoms. The van der Waals surface area contributed by atoms with Crippen molar-refractivity contribution < 1.29 is 24.2 Å². The van der Waals surface area contributed by atoms with Crippen LogP contribution in [0.5, 0.6) is 11.5 Å². The van der Waals surface area contributed by atoms with Gasteiger partial charge in [-0.25, -0.2) is 4.79 Å². The van der Waals surface area contributed by atoms with Gasteiger partial charge in [-0.05, 0) is 41.0 Å². The van der Waals surface area contributed by atoms with Crippen molar-refractivity contribution in [3.63, 3.8) is 0 Å². The summed E-state index contributed by atoms with van der Waals surface area (Å²) in [4.78, 5) is 16.9. The lowest BCUT2D eigenvalue weighted by Gasteiger charge is -2.12. The van der Waals surface area contributed by atoms with Crippen LogP contribution in [0.4, 0.5) is 0 Å². The van der Waals surface area contributed by atoms with E-state index in [1.165, 1.54) is 13.4 Å². The van der Waals surface area contributed by atoms with Crippen LogP contribution in [0, 0.1) is 0 Å². The van der Waals surface area contributed by atoms with Crippen LogP contribution in [0.15, 0.2) is 90.3 Å². The van der Waals surface area contributed by atoms with Crippen LogP contribution < -0.4 is 9.57 Å². The lowest BCUT2D eigenvalue weighted by atomic mass is 10.0. The molecule has 3 aromatic rings. The van der Waals surface area contributed by atoms with Crippen molar-refractivity contribution in [1.29, 1.82) is 0 Å². The number of nitrogens with zero attached hydrogens (tertiary/aromatic N) is 1. The standard InChI is InChI=1S/C24H21NO5/c1-28-17-23(24(26)27)22-13-6-5-9-19(22)16-29-21-12-7-8-18(14-21)15-25-30-20-10-3-2-4-11-20/h2-15,17H,16H2,1H3,(H,26,27). The monoisotopic (exact) mass is 403 g/mol. The molecule has 0 atom stereocenters. The Hall–Kier alpha value is -4.06. The second-order valence-corrected chi connectivity index (χ2v) is 6.23. The molecular weight excluding hydrogens is 382 g/mol. The van der Waals surface area contributed by atoms with E-state index >= 15 is 0 Å². The molecule has 0 aliphatic heterocycles. The number of hydrogen-bond acceptors (Lipinski definition) is 5. The summed E-state index contributed by atoms with van der Waals surface area (Å²) in [7, 11) is 1.41. The Labute approximate surface area is 174 Å². The van der Waals surface area contributed by atoms with Crippen LogP contribution >= 0.6 is 0 Å². The van der Waals surface area contributed by atoms with E-state index in [0.29, 0.717) is 17.1 Å². The van der Waals surface area contributed by atoms with Gasteiger partial charge in [-0.15, -0.1) is 0 Å². The number of rotatable bonds is 9. The fourth-order valence-electron chi connectivity index (χ4n) is 2.73. The molecule has 0 amide bonds. The lowest BCUT2D eigenvalue weighted by molar-refractivity contribution is -0.130. The van der Waals surface area contributed by atoms with E-state index in [0.717, 1.165) is 11.1 Å². The average molecular weight is 403 g/mol. The van der Waals surface area contributed by atoms with Gasteiger partial charge in [0.2, 0.25) is 0 Å². The lowest BCUT2D eigenvalue weighted by Crippen LogP contribution is -2.06. The third-order valence-corrected chi connectivity index (χ3v) is 4.13. The molecule has 0 aromatic heterocycles. The van der Waals surface area contributed by atoms with Crippen LogP contribution in [-0.2, 0) is 16.1 Å². The summed E-state index contributed by atoms with van der Waals surface area (Å²) in [5.41, 5.74) is 2.15. The largest absolute Gasteiger partial charge is 0.503 e. The summed E-state index contributed by atoms with van der Waals surface area (Å²) in [6.45, 7) is 0.200. The molecule has 1 N–H and O–H groups in total. The number of methoxy groups -OCH3 is 1. The minimum atomic E-state index is -1.07. The quantitative estimate of drug-likeness (QED) is 0.241. The van der Waals surface area contributed by atoms with Gasteiger partial charge in [-0.1, -0.05) is 59.8 Å². The first-order valence-corrected chi connectivity index (χ1v) is 9.20. The number of carboxylic acids is 1. The Morgan fingerprint density at radius 3 is 2.47 bits per heavy atom. The molecule has 3 rings (SSSR count). The third kappa shape index (κ3) is 5.72. The maximum Gasteiger partial charge on any atom is 0.339 e. The number of para-hydroxylation sites is 1. The molecule has 0 radical (unpaired) electrons. The van der Waals surface area contributed by atoms with Crippen LogP contribution in [-0.4, -0.2) is 24.4 Å². The molecule has 152 valence electrons. The summed E-state index contributed by atoms with van der Waals surface area (Å²) in [5, 5.41) is 13.4. The van der Waals surface area contributed by atoms with Gasteiger partial charge in [0, 0.05) is 0 Å². The SMILES string of the molecule is COC=C(C(=O)O)c1ccccc1COc1cccc(C=NOc2ccccc2)c1. The summed E-state index contributed by atoms with van der Waals surface area (Å²) in [6, 6.07) is 23.8. The van der Waals surface area contributed by atoms with Crippen LogP contribution in [0.2, 0.25) is 0 Å². The smallest absolute Gasteiger partial charge is 0.339 e. The number of hydrogen-bond donors (Lipinski definition) is 1. The number of carboxylic acid groups (broad SMARTS) is 1. The van der Waals surface area contributed by atoms with E-state index in [4.69, 9.17) is 14.3 Å². The first-order chi connectivity index (χ1) is 14.7. The van der Waals surface area contributed by atoms with Gasteiger partial charge in [0.25, 0.3) is 0 Å². The van der Waals surface area contributed by atoms with E-state index in [9.17, 15) is 9.90 Å². The van der Waals surface area contributed by atoms with Gasteiger partial charge in [0.1, 0.15) is 17.9 Å². The molecule has 0 spiro atoms. The zero-order chi connectivity index (χ0) is 21.2. The van der Waals surface area contributed by atoms with E-state index in [1.807, 2.05) is 66.7 Å². The molecule has 30 heavy (non-hydrogen) atoms. The molecule has 0 aliphatic carbocycles. The van der Waals surface area contributed by atoms with E-state index in [2.05, 4.69) is 5.16 Å². The highest BCUT2D eigenvalue weighted by Gasteiger charge is 2.15. The summed E-state index contributed by atoms with van der Waals surface area (Å²) in [6.07, 6.45) is 2.81. The second-order valence-electron chi connectivity index (χ2n) is 6.23. The maximum atomic E-state index is 11.5. The van der Waals surface area contributed by atoms with E-state index in [-0.39, 0.29) is 12.2 Å². The predicted octanol–water partition coefficient (Wildman–Crippen LogP) is 4.75. The summed E-state index contributed by atoms with van der Waals surface area (Å²) >= 11 is 0.